The number of nitrogens with one attached hydrogen (secondary N) is 1. The zero-order valence-corrected chi connectivity index (χ0v) is 12.3. The van der Waals surface area contributed by atoms with Gasteiger partial charge in [0.1, 0.15) is 11.5 Å². The Morgan fingerprint density at radius 3 is 2.30 bits per heavy atom. The van der Waals surface area contributed by atoms with Crippen LogP contribution in [0.25, 0.3) is 0 Å². The highest BCUT2D eigenvalue weighted by Crippen LogP contribution is 2.52. The summed E-state index contributed by atoms with van der Waals surface area (Å²) >= 11 is 0. The number of hydrogen-bond donors (Lipinski definition) is 2. The van der Waals surface area contributed by atoms with E-state index in [0.717, 1.165) is 56.6 Å². The van der Waals surface area contributed by atoms with Crippen molar-refractivity contribution >= 4 is 5.97 Å². The van der Waals surface area contributed by atoms with Gasteiger partial charge in [-0.1, -0.05) is 0 Å². The molecule has 4 heteroatoms. The fourth-order valence-corrected chi connectivity index (χ4v) is 3.91. The molecule has 2 N–H and O–H groups in total. The number of rotatable bonds is 4. The van der Waals surface area contributed by atoms with Crippen LogP contribution in [-0.4, -0.2) is 16.6 Å². The van der Waals surface area contributed by atoms with E-state index in [1.807, 2.05) is 13.8 Å². The van der Waals surface area contributed by atoms with Gasteiger partial charge in [0, 0.05) is 17.6 Å². The standard InChI is InChI=1S/C16H23NO3/c1-11-9-13(12(2)20-11)10-17-16-6-3-15(4-7-16,5-8-16)14(18)19/h9,17H,3-8,10H2,1-2H3,(H,18,19). The predicted molar refractivity (Wildman–Crippen MR) is 75.5 cm³/mol. The summed E-state index contributed by atoms with van der Waals surface area (Å²) in [6.45, 7) is 4.79. The maximum Gasteiger partial charge on any atom is 0.309 e. The van der Waals surface area contributed by atoms with E-state index in [0.29, 0.717) is 0 Å². The minimum Gasteiger partial charge on any atom is -0.481 e. The van der Waals surface area contributed by atoms with Crippen LogP contribution >= 0.6 is 0 Å². The number of aryl methyl sites for hydroxylation is 2. The van der Waals surface area contributed by atoms with Crippen molar-refractivity contribution in [3.8, 4) is 0 Å². The average molecular weight is 277 g/mol. The number of fused-ring (bicyclic) bond motifs is 3. The second-order valence-electron chi connectivity index (χ2n) is 6.66. The monoisotopic (exact) mass is 277 g/mol. The van der Waals surface area contributed by atoms with Gasteiger partial charge in [0.2, 0.25) is 0 Å². The van der Waals surface area contributed by atoms with Crippen molar-refractivity contribution in [2.24, 2.45) is 5.41 Å². The lowest BCUT2D eigenvalue weighted by atomic mass is 9.57. The van der Waals surface area contributed by atoms with Crippen LogP contribution in [0.5, 0.6) is 0 Å². The lowest BCUT2D eigenvalue weighted by molar-refractivity contribution is -0.156. The SMILES string of the molecule is Cc1cc(CNC23CCC(C(=O)O)(CC2)CC3)c(C)o1. The first-order valence-corrected chi connectivity index (χ1v) is 7.49. The number of hydrogen-bond acceptors (Lipinski definition) is 3. The van der Waals surface area contributed by atoms with Crippen LogP contribution in [0, 0.1) is 19.3 Å². The molecular formula is C16H23NO3. The quantitative estimate of drug-likeness (QED) is 0.887. The van der Waals surface area contributed by atoms with Crippen molar-refractivity contribution in [3.63, 3.8) is 0 Å². The van der Waals surface area contributed by atoms with Crippen molar-refractivity contribution in [2.45, 2.75) is 64.5 Å². The number of aliphatic carboxylic acids is 1. The number of carbonyl (C=O) groups is 1. The molecule has 3 aliphatic rings. The highest BCUT2D eigenvalue weighted by Gasteiger charge is 2.52. The minimum absolute atomic E-state index is 0.148. The van der Waals surface area contributed by atoms with E-state index < -0.39 is 11.4 Å². The number of furan rings is 1. The molecule has 1 aromatic heterocycles. The molecule has 0 atom stereocenters. The molecule has 0 amide bonds. The van der Waals surface area contributed by atoms with Gasteiger partial charge in [0.15, 0.2) is 0 Å². The van der Waals surface area contributed by atoms with Crippen LogP contribution in [0.2, 0.25) is 0 Å². The summed E-state index contributed by atoms with van der Waals surface area (Å²) < 4.78 is 5.56. The van der Waals surface area contributed by atoms with Crippen molar-refractivity contribution in [1.29, 1.82) is 0 Å². The Morgan fingerprint density at radius 1 is 1.25 bits per heavy atom. The Balaban J connectivity index is 1.65. The lowest BCUT2D eigenvalue weighted by Crippen LogP contribution is -2.56. The zero-order chi connectivity index (χ0) is 14.4. The molecular weight excluding hydrogens is 254 g/mol. The molecule has 4 nitrogen and oxygen atoms in total. The second kappa shape index (κ2) is 4.62. The highest BCUT2D eigenvalue weighted by molar-refractivity contribution is 5.75. The molecule has 1 heterocycles. The molecule has 0 saturated heterocycles. The summed E-state index contributed by atoms with van der Waals surface area (Å²) in [5.74, 6) is 1.35. The summed E-state index contributed by atoms with van der Waals surface area (Å²) in [4.78, 5) is 11.4. The molecule has 2 bridgehead atoms. The summed E-state index contributed by atoms with van der Waals surface area (Å²) in [5, 5.41) is 13.1. The molecule has 0 aliphatic heterocycles. The molecule has 110 valence electrons. The topological polar surface area (TPSA) is 62.5 Å². The first-order chi connectivity index (χ1) is 9.45. The Hall–Kier alpha value is -1.29. The fraction of sp³-hybridized carbons (Fsp3) is 0.688. The summed E-state index contributed by atoms with van der Waals surface area (Å²) in [5.41, 5.74) is 0.943. The Labute approximate surface area is 119 Å². The van der Waals surface area contributed by atoms with E-state index in [1.165, 1.54) is 5.56 Å². The molecule has 20 heavy (non-hydrogen) atoms. The van der Waals surface area contributed by atoms with E-state index in [9.17, 15) is 9.90 Å². The third kappa shape index (κ3) is 2.16. The lowest BCUT2D eigenvalue weighted by Gasteiger charge is -2.51. The normalized spacial score (nSPS) is 32.5. The highest BCUT2D eigenvalue weighted by atomic mass is 16.4. The van der Waals surface area contributed by atoms with Crippen LogP contribution in [0.4, 0.5) is 0 Å². The van der Waals surface area contributed by atoms with Crippen molar-refractivity contribution in [3.05, 3.63) is 23.2 Å². The zero-order valence-electron chi connectivity index (χ0n) is 12.3. The summed E-state index contributed by atoms with van der Waals surface area (Å²) in [6.07, 6.45) is 5.40. The molecule has 3 fully saturated rings. The van der Waals surface area contributed by atoms with Gasteiger partial charge in [-0.2, -0.15) is 0 Å². The van der Waals surface area contributed by atoms with Gasteiger partial charge in [-0.05, 0) is 58.4 Å². The van der Waals surface area contributed by atoms with Gasteiger partial charge < -0.3 is 14.8 Å². The Morgan fingerprint density at radius 2 is 1.85 bits per heavy atom. The molecule has 0 radical (unpaired) electrons. The van der Waals surface area contributed by atoms with Crippen LogP contribution in [0.1, 0.15) is 55.6 Å². The van der Waals surface area contributed by atoms with Crippen molar-refractivity contribution in [2.75, 3.05) is 0 Å². The van der Waals surface area contributed by atoms with E-state index in [-0.39, 0.29) is 5.54 Å². The van der Waals surface area contributed by atoms with E-state index in [2.05, 4.69) is 11.4 Å². The van der Waals surface area contributed by atoms with Crippen molar-refractivity contribution < 1.29 is 14.3 Å². The van der Waals surface area contributed by atoms with Crippen LogP contribution < -0.4 is 5.32 Å². The molecule has 3 saturated carbocycles. The van der Waals surface area contributed by atoms with Gasteiger partial charge in [0.05, 0.1) is 5.41 Å². The van der Waals surface area contributed by atoms with E-state index in [1.54, 1.807) is 0 Å². The maximum atomic E-state index is 11.4. The largest absolute Gasteiger partial charge is 0.481 e. The van der Waals surface area contributed by atoms with E-state index in [4.69, 9.17) is 4.42 Å². The molecule has 4 rings (SSSR count). The smallest absolute Gasteiger partial charge is 0.309 e. The molecule has 0 unspecified atom stereocenters. The van der Waals surface area contributed by atoms with Gasteiger partial charge >= 0.3 is 5.97 Å². The average Bonchev–Trinajstić information content (AvgIpc) is 2.77. The third-order valence-electron chi connectivity index (χ3n) is 5.50. The van der Waals surface area contributed by atoms with Crippen LogP contribution in [-0.2, 0) is 11.3 Å². The number of carboxylic acids is 1. The van der Waals surface area contributed by atoms with Gasteiger partial charge in [-0.25, -0.2) is 0 Å². The molecule has 0 spiro atoms. The maximum absolute atomic E-state index is 11.4. The van der Waals surface area contributed by atoms with Crippen LogP contribution in [0.15, 0.2) is 10.5 Å². The van der Waals surface area contributed by atoms with Gasteiger partial charge in [-0.15, -0.1) is 0 Å². The first kappa shape index (κ1) is 13.7. The third-order valence-corrected chi connectivity index (χ3v) is 5.50. The van der Waals surface area contributed by atoms with Gasteiger partial charge in [0.25, 0.3) is 0 Å². The minimum atomic E-state index is -0.591. The fourth-order valence-electron chi connectivity index (χ4n) is 3.91. The van der Waals surface area contributed by atoms with Gasteiger partial charge in [-0.3, -0.25) is 4.79 Å². The molecule has 1 aromatic rings. The van der Waals surface area contributed by atoms with E-state index >= 15 is 0 Å². The summed E-state index contributed by atoms with van der Waals surface area (Å²) in [6, 6.07) is 2.09. The predicted octanol–water partition coefficient (Wildman–Crippen LogP) is 3.16. The van der Waals surface area contributed by atoms with Crippen molar-refractivity contribution in [1.82, 2.24) is 5.32 Å². The molecule has 3 aliphatic carbocycles. The first-order valence-electron chi connectivity index (χ1n) is 7.49. The second-order valence-corrected chi connectivity index (χ2v) is 6.66. The van der Waals surface area contributed by atoms with Crippen LogP contribution in [0.3, 0.4) is 0 Å². The summed E-state index contributed by atoms with van der Waals surface area (Å²) in [7, 11) is 0. The number of carboxylic acid groups (broad SMARTS) is 1. The Bertz CT molecular complexity index is 507. The Kier molecular flexibility index (Phi) is 3.16. The molecule has 0 aromatic carbocycles.